The van der Waals surface area contributed by atoms with Crippen LogP contribution in [-0.2, 0) is 4.74 Å². The highest BCUT2D eigenvalue weighted by atomic mass is 35.5. The van der Waals surface area contributed by atoms with Gasteiger partial charge in [0, 0.05) is 6.08 Å². The van der Waals surface area contributed by atoms with Crippen LogP contribution in [-0.4, -0.2) is 7.11 Å². The van der Waals surface area contributed by atoms with E-state index < -0.39 is 0 Å². The third-order valence-electron chi connectivity index (χ3n) is 1.59. The van der Waals surface area contributed by atoms with Crippen molar-refractivity contribution in [2.24, 2.45) is 16.9 Å². The summed E-state index contributed by atoms with van der Waals surface area (Å²) in [6.45, 7) is 5.99. The molecule has 3 nitrogen and oxygen atoms in total. The van der Waals surface area contributed by atoms with Crippen molar-refractivity contribution in [3.05, 3.63) is 22.7 Å². The highest BCUT2D eigenvalue weighted by Crippen LogP contribution is 2.29. The van der Waals surface area contributed by atoms with Crippen LogP contribution in [0.5, 0.6) is 0 Å². The summed E-state index contributed by atoms with van der Waals surface area (Å²) in [5.41, 5.74) is 11.6. The Bertz CT molecular complexity index is 234. The molecule has 0 saturated carbocycles. The van der Waals surface area contributed by atoms with Crippen molar-refractivity contribution in [2.45, 2.75) is 20.8 Å². The fourth-order valence-electron chi connectivity index (χ4n) is 0.845. The van der Waals surface area contributed by atoms with E-state index in [2.05, 4.69) is 0 Å². The smallest absolute Gasteiger partial charge is 0.184 e. The quantitative estimate of drug-likeness (QED) is 0.410. The number of methoxy groups -OCH3 is 1. The first-order valence-corrected chi connectivity index (χ1v) is 4.33. The molecule has 0 radical (unpaired) electrons. The van der Waals surface area contributed by atoms with Crippen molar-refractivity contribution in [1.29, 1.82) is 0 Å². The number of halogens is 1. The van der Waals surface area contributed by atoms with E-state index >= 15 is 0 Å². The summed E-state index contributed by atoms with van der Waals surface area (Å²) in [7, 11) is 1.50. The minimum absolute atomic E-state index is 0.144. The second-order valence-electron chi connectivity index (χ2n) is 3.76. The van der Waals surface area contributed by atoms with Crippen molar-refractivity contribution < 1.29 is 4.74 Å². The van der Waals surface area contributed by atoms with Crippen LogP contribution in [0.2, 0.25) is 0 Å². The van der Waals surface area contributed by atoms with Crippen molar-refractivity contribution in [2.75, 3.05) is 7.11 Å². The molecule has 4 heteroatoms. The van der Waals surface area contributed by atoms with E-state index in [1.54, 1.807) is 6.08 Å². The highest BCUT2D eigenvalue weighted by molar-refractivity contribution is 6.29. The maximum Gasteiger partial charge on any atom is 0.184 e. The zero-order valence-corrected chi connectivity index (χ0v) is 9.27. The first-order valence-electron chi connectivity index (χ1n) is 3.96. The van der Waals surface area contributed by atoms with Crippen LogP contribution < -0.4 is 11.5 Å². The lowest BCUT2D eigenvalue weighted by molar-refractivity contribution is 0.286. The monoisotopic (exact) mass is 204 g/mol. The van der Waals surface area contributed by atoms with Crippen molar-refractivity contribution in [1.82, 2.24) is 0 Å². The highest BCUT2D eigenvalue weighted by Gasteiger charge is 2.18. The van der Waals surface area contributed by atoms with Gasteiger partial charge in [-0.3, -0.25) is 0 Å². The second-order valence-corrected chi connectivity index (χ2v) is 4.17. The third-order valence-corrected chi connectivity index (χ3v) is 1.79. The van der Waals surface area contributed by atoms with E-state index in [1.165, 1.54) is 7.11 Å². The van der Waals surface area contributed by atoms with Gasteiger partial charge in [-0.15, -0.1) is 0 Å². The van der Waals surface area contributed by atoms with E-state index in [0.717, 1.165) is 5.57 Å². The van der Waals surface area contributed by atoms with Crippen LogP contribution in [0.25, 0.3) is 0 Å². The minimum atomic E-state index is -0.144. The Morgan fingerprint density at radius 2 is 1.77 bits per heavy atom. The summed E-state index contributed by atoms with van der Waals surface area (Å²) in [4.78, 5) is 0. The topological polar surface area (TPSA) is 61.3 Å². The number of hydrogen-bond donors (Lipinski definition) is 2. The zero-order valence-electron chi connectivity index (χ0n) is 8.52. The van der Waals surface area contributed by atoms with Gasteiger partial charge in [-0.25, -0.2) is 0 Å². The minimum Gasteiger partial charge on any atom is -0.483 e. The molecule has 13 heavy (non-hydrogen) atoms. The Morgan fingerprint density at radius 3 is 2.00 bits per heavy atom. The van der Waals surface area contributed by atoms with Crippen molar-refractivity contribution in [3.63, 3.8) is 0 Å². The fourth-order valence-corrected chi connectivity index (χ4v) is 1.18. The molecule has 0 aromatic rings. The van der Waals surface area contributed by atoms with Gasteiger partial charge in [0.05, 0.1) is 7.11 Å². The predicted molar refractivity (Wildman–Crippen MR) is 55.8 cm³/mol. The largest absolute Gasteiger partial charge is 0.483 e. The van der Waals surface area contributed by atoms with E-state index in [-0.39, 0.29) is 10.6 Å². The molecule has 0 saturated heterocycles. The van der Waals surface area contributed by atoms with Gasteiger partial charge in [-0.2, -0.15) is 0 Å². The van der Waals surface area contributed by atoms with E-state index in [4.69, 9.17) is 27.8 Å². The maximum atomic E-state index is 5.73. The molecular weight excluding hydrogens is 188 g/mol. The lowest BCUT2D eigenvalue weighted by Crippen LogP contribution is -2.14. The molecule has 0 aliphatic heterocycles. The molecule has 0 spiro atoms. The second kappa shape index (κ2) is 4.42. The van der Waals surface area contributed by atoms with Gasteiger partial charge in [-0.1, -0.05) is 32.4 Å². The molecule has 0 rings (SSSR count). The molecule has 0 aliphatic carbocycles. The van der Waals surface area contributed by atoms with Crippen molar-refractivity contribution >= 4 is 11.6 Å². The van der Waals surface area contributed by atoms with Gasteiger partial charge in [0.1, 0.15) is 5.16 Å². The Kier molecular flexibility index (Phi) is 4.14. The Morgan fingerprint density at radius 1 is 1.31 bits per heavy atom. The normalized spacial score (nSPS) is 15.3. The lowest BCUT2D eigenvalue weighted by atomic mass is 9.87. The summed E-state index contributed by atoms with van der Waals surface area (Å²) in [6.07, 6.45) is 1.64. The van der Waals surface area contributed by atoms with E-state index in [1.807, 2.05) is 20.8 Å². The fraction of sp³-hybridized carbons (Fsp3) is 0.556. The maximum absolute atomic E-state index is 5.73. The molecule has 0 aliphatic rings. The standard InChI is InChI=1S/C9H17ClN2O/c1-9(2,3)6(8(10)12)5-7(11)13-4/h5H,11-12H2,1-4H3/b7-5+,8-6+. The molecule has 0 amide bonds. The van der Waals surface area contributed by atoms with Gasteiger partial charge in [0.25, 0.3) is 0 Å². The molecule has 0 aromatic carbocycles. The molecule has 0 heterocycles. The molecular formula is C9H17ClN2O. The number of allylic oxidation sites excluding steroid dienone is 2. The molecule has 0 bridgehead atoms. The Labute approximate surface area is 84.4 Å². The average Bonchev–Trinajstić information content (AvgIpc) is 1.96. The number of ether oxygens (including phenoxy) is 1. The third kappa shape index (κ3) is 4.08. The van der Waals surface area contributed by atoms with Crippen LogP contribution in [0.4, 0.5) is 0 Å². The number of rotatable bonds is 2. The zero-order chi connectivity index (χ0) is 10.6. The molecule has 0 unspecified atom stereocenters. The van der Waals surface area contributed by atoms with Crippen LogP contribution in [0.3, 0.4) is 0 Å². The van der Waals surface area contributed by atoms with Crippen molar-refractivity contribution in [3.8, 4) is 0 Å². The van der Waals surface area contributed by atoms with Crippen LogP contribution >= 0.6 is 11.6 Å². The molecule has 4 N–H and O–H groups in total. The Balaban J connectivity index is 5.00. The summed E-state index contributed by atoms with van der Waals surface area (Å²) < 4.78 is 4.82. The van der Waals surface area contributed by atoms with Crippen LogP contribution in [0, 0.1) is 5.41 Å². The molecule has 76 valence electrons. The van der Waals surface area contributed by atoms with E-state index in [9.17, 15) is 0 Å². The average molecular weight is 205 g/mol. The lowest BCUT2D eigenvalue weighted by Gasteiger charge is -2.21. The Hall–Kier alpha value is -0.830. The van der Waals surface area contributed by atoms with Gasteiger partial charge < -0.3 is 16.2 Å². The first-order chi connectivity index (χ1) is 5.79. The van der Waals surface area contributed by atoms with Gasteiger partial charge in [-0.05, 0) is 11.0 Å². The van der Waals surface area contributed by atoms with Gasteiger partial charge in [0.2, 0.25) is 0 Å². The van der Waals surface area contributed by atoms with E-state index in [0.29, 0.717) is 5.88 Å². The summed E-state index contributed by atoms with van der Waals surface area (Å²) in [5.74, 6) is 0.300. The summed E-state index contributed by atoms with van der Waals surface area (Å²) in [6, 6.07) is 0. The SMILES string of the molecule is CO/C(N)=C/C(=C(\N)Cl)C(C)(C)C. The van der Waals surface area contributed by atoms with Crippen LogP contribution in [0.15, 0.2) is 22.7 Å². The molecule has 0 fully saturated rings. The summed E-state index contributed by atoms with van der Waals surface area (Å²) in [5, 5.41) is 0.243. The predicted octanol–water partition coefficient (Wildman–Crippen LogP) is 1.89. The summed E-state index contributed by atoms with van der Waals surface area (Å²) >= 11 is 5.73. The van der Waals surface area contributed by atoms with Crippen LogP contribution in [0.1, 0.15) is 20.8 Å². The number of nitrogens with two attached hydrogens (primary N) is 2. The van der Waals surface area contributed by atoms with Gasteiger partial charge >= 0.3 is 0 Å². The number of hydrogen-bond acceptors (Lipinski definition) is 3. The first kappa shape index (κ1) is 12.2. The molecule has 0 aromatic heterocycles. The molecule has 0 atom stereocenters. The van der Waals surface area contributed by atoms with Gasteiger partial charge in [0.15, 0.2) is 5.88 Å².